The van der Waals surface area contributed by atoms with Crippen LogP contribution in [0.25, 0.3) is 0 Å². The Labute approximate surface area is 169 Å². The highest BCUT2D eigenvalue weighted by atomic mass is 16.5. The van der Waals surface area contributed by atoms with Crippen LogP contribution in [-0.2, 0) is 4.74 Å². The highest BCUT2D eigenvalue weighted by Crippen LogP contribution is 2.27. The number of benzene rings is 1. The van der Waals surface area contributed by atoms with E-state index < -0.39 is 48.1 Å². The molecule has 2 aliphatic heterocycles. The number of amides is 2. The number of fused-ring (bicyclic) bond motifs is 1. The first kappa shape index (κ1) is 19.8. The van der Waals surface area contributed by atoms with Crippen molar-refractivity contribution in [3.63, 3.8) is 0 Å². The summed E-state index contributed by atoms with van der Waals surface area (Å²) in [4.78, 5) is 52.0. The topological polar surface area (TPSA) is 142 Å². The minimum Gasteiger partial charge on any atom is -0.394 e. The first-order valence-corrected chi connectivity index (χ1v) is 9.14. The Bertz CT molecular complexity index is 1170. The maximum absolute atomic E-state index is 12.3. The summed E-state index contributed by atoms with van der Waals surface area (Å²) < 4.78 is 6.51. The summed E-state index contributed by atoms with van der Waals surface area (Å²) in [5.41, 5.74) is -0.959. The molecule has 0 radical (unpaired) electrons. The van der Waals surface area contributed by atoms with Gasteiger partial charge in [-0.2, -0.15) is 0 Å². The first-order valence-electron chi connectivity index (χ1n) is 9.14. The molecule has 3 heterocycles. The van der Waals surface area contributed by atoms with E-state index in [4.69, 9.17) is 4.74 Å². The number of rotatable bonds is 3. The van der Waals surface area contributed by atoms with Gasteiger partial charge in [-0.3, -0.25) is 28.8 Å². The summed E-state index contributed by atoms with van der Waals surface area (Å²) in [5, 5.41) is 19.0. The zero-order valence-corrected chi connectivity index (χ0v) is 15.6. The van der Waals surface area contributed by atoms with Crippen LogP contribution in [0.5, 0.6) is 0 Å². The standard InChI is InChI=1S/C20H17N3O7/c24-10-15-14(25)8-16(30-15)23-9-11(17(26)21-20(23)29)4-3-7-22-18(27)12-5-1-2-6-13(12)19(22)28/h1-2,5-6,9,14-16,24-25H,7-8,10H2,(H,21,26,29)/t14?,15-,16-/m0/s1. The normalized spacial score (nSPS) is 22.7. The molecule has 1 aromatic carbocycles. The van der Waals surface area contributed by atoms with Crippen LogP contribution in [0, 0.1) is 11.8 Å². The summed E-state index contributed by atoms with van der Waals surface area (Å²) >= 11 is 0. The zero-order chi connectivity index (χ0) is 21.4. The van der Waals surface area contributed by atoms with Crippen molar-refractivity contribution in [2.45, 2.75) is 24.9 Å². The molecule has 1 unspecified atom stereocenters. The van der Waals surface area contributed by atoms with Crippen molar-refractivity contribution in [3.8, 4) is 11.8 Å². The Morgan fingerprint density at radius 3 is 2.40 bits per heavy atom. The van der Waals surface area contributed by atoms with Crippen LogP contribution in [0.1, 0.15) is 38.9 Å². The van der Waals surface area contributed by atoms with E-state index >= 15 is 0 Å². The third kappa shape index (κ3) is 3.35. The van der Waals surface area contributed by atoms with Crippen molar-refractivity contribution < 1.29 is 24.5 Å². The number of imide groups is 1. The van der Waals surface area contributed by atoms with Crippen LogP contribution in [0.3, 0.4) is 0 Å². The second-order valence-electron chi connectivity index (χ2n) is 6.87. The van der Waals surface area contributed by atoms with Crippen LogP contribution in [0.2, 0.25) is 0 Å². The maximum atomic E-state index is 12.3. The van der Waals surface area contributed by atoms with Crippen molar-refractivity contribution in [2.75, 3.05) is 13.2 Å². The molecule has 10 heteroatoms. The van der Waals surface area contributed by atoms with Crippen molar-refractivity contribution in [2.24, 2.45) is 0 Å². The van der Waals surface area contributed by atoms with Crippen molar-refractivity contribution in [1.82, 2.24) is 14.5 Å². The van der Waals surface area contributed by atoms with Gasteiger partial charge in [0.2, 0.25) is 0 Å². The molecule has 0 saturated carbocycles. The Kier molecular flexibility index (Phi) is 5.09. The minimum absolute atomic E-state index is 0.0546. The van der Waals surface area contributed by atoms with Gasteiger partial charge in [-0.05, 0) is 12.1 Å². The number of aliphatic hydroxyl groups excluding tert-OH is 2. The number of aromatic amines is 1. The molecule has 2 aromatic rings. The molecule has 154 valence electrons. The zero-order valence-electron chi connectivity index (χ0n) is 15.6. The summed E-state index contributed by atoms with van der Waals surface area (Å²) in [6.07, 6.45) is -1.43. The van der Waals surface area contributed by atoms with Crippen LogP contribution >= 0.6 is 0 Å². The molecule has 1 aromatic heterocycles. The van der Waals surface area contributed by atoms with Crippen LogP contribution in [0.4, 0.5) is 0 Å². The fourth-order valence-electron chi connectivity index (χ4n) is 3.44. The second kappa shape index (κ2) is 7.72. The molecule has 10 nitrogen and oxygen atoms in total. The molecule has 4 rings (SSSR count). The molecule has 0 aliphatic carbocycles. The molecular weight excluding hydrogens is 394 g/mol. The number of carbonyl (C=O) groups is 2. The van der Waals surface area contributed by atoms with Gasteiger partial charge in [0.05, 0.1) is 30.4 Å². The number of carbonyl (C=O) groups excluding carboxylic acids is 2. The summed E-state index contributed by atoms with van der Waals surface area (Å²) in [5.74, 6) is 4.25. The smallest absolute Gasteiger partial charge is 0.330 e. The molecule has 0 bridgehead atoms. The number of nitrogens with zero attached hydrogens (tertiary/aromatic N) is 2. The monoisotopic (exact) mass is 411 g/mol. The molecule has 0 spiro atoms. The van der Waals surface area contributed by atoms with Gasteiger partial charge in [-0.1, -0.05) is 24.0 Å². The molecule has 2 aliphatic rings. The lowest BCUT2D eigenvalue weighted by Crippen LogP contribution is -2.34. The number of H-pyrrole nitrogens is 1. The molecule has 30 heavy (non-hydrogen) atoms. The Morgan fingerprint density at radius 1 is 1.13 bits per heavy atom. The molecule has 3 N–H and O–H groups in total. The van der Waals surface area contributed by atoms with Gasteiger partial charge >= 0.3 is 5.69 Å². The SMILES string of the molecule is O=C1c2ccccc2C(=O)N1CC#Cc1cn([C@@H]2CC(O)[C@H](CO)O2)c(=O)[nH]c1=O. The number of aromatic nitrogens is 2. The number of hydrogen-bond acceptors (Lipinski definition) is 7. The van der Waals surface area contributed by atoms with E-state index in [0.717, 1.165) is 9.47 Å². The fraction of sp³-hybridized carbons (Fsp3) is 0.300. The predicted octanol–water partition coefficient (Wildman–Crippen LogP) is -1.17. The third-order valence-electron chi connectivity index (χ3n) is 5.00. The summed E-state index contributed by atoms with van der Waals surface area (Å²) in [6.45, 7) is -0.640. The lowest BCUT2D eigenvalue weighted by Gasteiger charge is -2.14. The molecule has 3 atom stereocenters. The van der Waals surface area contributed by atoms with Gasteiger partial charge in [0.1, 0.15) is 17.9 Å². The maximum Gasteiger partial charge on any atom is 0.330 e. The number of aliphatic hydroxyl groups is 2. The van der Waals surface area contributed by atoms with Crippen LogP contribution in [-0.4, -0.2) is 61.8 Å². The van der Waals surface area contributed by atoms with Crippen LogP contribution < -0.4 is 11.2 Å². The van der Waals surface area contributed by atoms with E-state index in [1.54, 1.807) is 24.3 Å². The quantitative estimate of drug-likeness (QED) is 0.427. The van der Waals surface area contributed by atoms with E-state index in [9.17, 15) is 29.4 Å². The lowest BCUT2D eigenvalue weighted by molar-refractivity contribution is -0.0459. The van der Waals surface area contributed by atoms with Gasteiger partial charge in [0, 0.05) is 12.6 Å². The number of nitrogens with one attached hydrogen (secondary N) is 1. The highest BCUT2D eigenvalue weighted by Gasteiger charge is 2.35. The minimum atomic E-state index is -0.956. The average Bonchev–Trinajstić information content (AvgIpc) is 3.22. The van der Waals surface area contributed by atoms with Gasteiger partial charge in [0.15, 0.2) is 0 Å². The Morgan fingerprint density at radius 2 is 1.80 bits per heavy atom. The molecule has 1 saturated heterocycles. The predicted molar refractivity (Wildman–Crippen MR) is 102 cm³/mol. The van der Waals surface area contributed by atoms with Crippen molar-refractivity contribution in [1.29, 1.82) is 0 Å². The first-order chi connectivity index (χ1) is 14.4. The molecular formula is C20H17N3O7. The van der Waals surface area contributed by atoms with Gasteiger partial charge in [0.25, 0.3) is 17.4 Å². The molecule has 1 fully saturated rings. The number of ether oxygens (including phenoxy) is 1. The largest absolute Gasteiger partial charge is 0.394 e. The summed E-state index contributed by atoms with van der Waals surface area (Å²) in [7, 11) is 0. The third-order valence-corrected chi connectivity index (χ3v) is 5.00. The van der Waals surface area contributed by atoms with Gasteiger partial charge in [-0.25, -0.2) is 4.79 Å². The van der Waals surface area contributed by atoms with Gasteiger partial charge in [-0.15, -0.1) is 0 Å². The van der Waals surface area contributed by atoms with E-state index in [2.05, 4.69) is 16.8 Å². The van der Waals surface area contributed by atoms with Crippen molar-refractivity contribution >= 4 is 11.8 Å². The van der Waals surface area contributed by atoms with Crippen molar-refractivity contribution in [3.05, 3.63) is 68.0 Å². The van der Waals surface area contributed by atoms with E-state index in [1.165, 1.54) is 6.20 Å². The van der Waals surface area contributed by atoms with Crippen LogP contribution in [0.15, 0.2) is 40.1 Å². The van der Waals surface area contributed by atoms with Gasteiger partial charge < -0.3 is 14.9 Å². The number of hydrogen-bond donors (Lipinski definition) is 3. The fourth-order valence-corrected chi connectivity index (χ4v) is 3.44. The molecule has 2 amide bonds. The second-order valence-corrected chi connectivity index (χ2v) is 6.87. The summed E-state index contributed by atoms with van der Waals surface area (Å²) in [6, 6.07) is 6.43. The van der Waals surface area contributed by atoms with E-state index in [0.29, 0.717) is 11.1 Å². The van der Waals surface area contributed by atoms with E-state index in [-0.39, 0.29) is 18.5 Å². The highest BCUT2D eigenvalue weighted by molar-refractivity contribution is 6.21. The Balaban J connectivity index is 1.56. The van der Waals surface area contributed by atoms with E-state index in [1.807, 2.05) is 0 Å². The Hall–Kier alpha value is -3.52. The lowest BCUT2D eigenvalue weighted by atomic mass is 10.1. The average molecular weight is 411 g/mol.